The summed E-state index contributed by atoms with van der Waals surface area (Å²) in [5.74, 6) is 0. The first kappa shape index (κ1) is 8.06. The van der Waals surface area contributed by atoms with Crippen molar-refractivity contribution in [3.8, 4) is 0 Å². The first-order valence-electron chi connectivity index (χ1n) is 2.65. The smallest absolute Gasteiger partial charge is 0.206 e. The van der Waals surface area contributed by atoms with E-state index < -0.39 is 10.0 Å². The third kappa shape index (κ3) is 1.98. The molecular weight excluding hydrogens is 172 g/mol. The molecule has 0 aromatic carbocycles. The van der Waals surface area contributed by atoms with Gasteiger partial charge >= 0.3 is 0 Å². The first-order valence-corrected chi connectivity index (χ1v) is 5.37. The molecule has 0 saturated carbocycles. The van der Waals surface area contributed by atoms with Crippen molar-refractivity contribution >= 4 is 22.0 Å². The molecule has 0 amide bonds. The third-order valence-corrected chi connectivity index (χ3v) is 2.82. The van der Waals surface area contributed by atoms with E-state index >= 15 is 0 Å². The minimum absolute atomic E-state index is 0.612. The molecule has 0 radical (unpaired) electrons. The van der Waals surface area contributed by atoms with Gasteiger partial charge in [0.2, 0.25) is 10.0 Å². The van der Waals surface area contributed by atoms with E-state index in [4.69, 9.17) is 0 Å². The molecule has 4 nitrogen and oxygen atoms in total. The van der Waals surface area contributed by atoms with E-state index in [1.54, 1.807) is 6.08 Å². The number of hydrazine groups is 1. The van der Waals surface area contributed by atoms with Crippen molar-refractivity contribution in [2.24, 2.45) is 0 Å². The Bertz CT molecular complexity index is 234. The SMILES string of the molecule is CSN1CC=CS(=O)(=O)N1. The number of hydrogen-bond acceptors (Lipinski definition) is 4. The van der Waals surface area contributed by atoms with Crippen LogP contribution < -0.4 is 4.83 Å². The van der Waals surface area contributed by atoms with Crippen molar-refractivity contribution in [3.63, 3.8) is 0 Å². The lowest BCUT2D eigenvalue weighted by Crippen LogP contribution is -2.38. The Morgan fingerprint density at radius 3 is 2.80 bits per heavy atom. The summed E-state index contributed by atoms with van der Waals surface area (Å²) in [5, 5.41) is 1.17. The van der Waals surface area contributed by atoms with E-state index in [0.29, 0.717) is 6.54 Å². The van der Waals surface area contributed by atoms with Crippen molar-refractivity contribution < 1.29 is 8.42 Å². The molecule has 0 aliphatic carbocycles. The summed E-state index contributed by atoms with van der Waals surface area (Å²) in [7, 11) is -3.17. The van der Waals surface area contributed by atoms with Crippen LogP contribution in [0.4, 0.5) is 0 Å². The van der Waals surface area contributed by atoms with Crippen molar-refractivity contribution in [2.45, 2.75) is 0 Å². The zero-order valence-corrected chi connectivity index (χ0v) is 7.08. The molecule has 1 rings (SSSR count). The van der Waals surface area contributed by atoms with Crippen molar-refractivity contribution in [3.05, 3.63) is 11.5 Å². The molecule has 1 aliphatic rings. The van der Waals surface area contributed by atoms with Gasteiger partial charge in [0.05, 0.1) is 0 Å². The van der Waals surface area contributed by atoms with Gasteiger partial charge in [-0.05, 0) is 6.26 Å². The lowest BCUT2D eigenvalue weighted by Gasteiger charge is -2.19. The van der Waals surface area contributed by atoms with Gasteiger partial charge in [-0.2, -0.15) is 4.41 Å². The zero-order valence-electron chi connectivity index (χ0n) is 5.44. The van der Waals surface area contributed by atoms with E-state index in [-0.39, 0.29) is 0 Å². The summed E-state index contributed by atoms with van der Waals surface area (Å²) >= 11 is 1.34. The second-order valence-corrected chi connectivity index (χ2v) is 4.10. The largest absolute Gasteiger partial charge is 0.247 e. The minimum atomic E-state index is -3.17. The molecule has 58 valence electrons. The Morgan fingerprint density at radius 1 is 1.70 bits per heavy atom. The lowest BCUT2D eigenvalue weighted by molar-refractivity contribution is 0.458. The Hall–Kier alpha value is -0.0400. The van der Waals surface area contributed by atoms with E-state index in [1.807, 2.05) is 6.26 Å². The van der Waals surface area contributed by atoms with Gasteiger partial charge in [-0.1, -0.05) is 18.0 Å². The Balaban J connectivity index is 2.73. The fourth-order valence-corrected chi connectivity index (χ4v) is 2.19. The maximum absolute atomic E-state index is 10.8. The van der Waals surface area contributed by atoms with Crippen LogP contribution in [0.3, 0.4) is 0 Å². The fourth-order valence-electron chi connectivity index (χ4n) is 0.587. The normalized spacial score (nSPS) is 24.9. The molecule has 0 unspecified atom stereocenters. The number of sulfonamides is 1. The van der Waals surface area contributed by atoms with Gasteiger partial charge in [0.1, 0.15) is 0 Å². The van der Waals surface area contributed by atoms with Crippen LogP contribution >= 0.6 is 11.9 Å². The number of hydrogen-bond donors (Lipinski definition) is 1. The summed E-state index contributed by atoms with van der Waals surface area (Å²) in [6.07, 6.45) is 3.41. The standard InChI is InChI=1S/C4H8N2O2S2/c1-9-6-3-2-4-10(7,8)5-6/h2,4-5H,3H2,1H3. The maximum Gasteiger partial charge on any atom is 0.247 e. The van der Waals surface area contributed by atoms with Crippen LogP contribution in [0.15, 0.2) is 11.5 Å². The molecule has 0 atom stereocenters. The lowest BCUT2D eigenvalue weighted by atomic mass is 10.7. The molecule has 0 saturated heterocycles. The summed E-state index contributed by atoms with van der Waals surface area (Å²) in [4.78, 5) is 2.32. The predicted octanol–water partition coefficient (Wildman–Crippen LogP) is -0.0719. The molecule has 1 aliphatic heterocycles. The zero-order chi connectivity index (χ0) is 7.61. The van der Waals surface area contributed by atoms with E-state index in [0.717, 1.165) is 0 Å². The minimum Gasteiger partial charge on any atom is -0.206 e. The molecular formula is C4H8N2O2S2. The molecule has 0 bridgehead atoms. The Labute approximate surface area is 64.4 Å². The summed E-state index contributed by atoms with van der Waals surface area (Å²) in [5.41, 5.74) is 0. The van der Waals surface area contributed by atoms with Crippen LogP contribution in [0.5, 0.6) is 0 Å². The maximum atomic E-state index is 10.8. The summed E-state index contributed by atoms with van der Waals surface area (Å²) < 4.78 is 23.1. The highest BCUT2D eigenvalue weighted by Crippen LogP contribution is 2.07. The molecule has 0 spiro atoms. The summed E-state index contributed by atoms with van der Waals surface area (Å²) in [6.45, 7) is 0.612. The van der Waals surface area contributed by atoms with Crippen LogP contribution in [-0.2, 0) is 10.0 Å². The van der Waals surface area contributed by atoms with Crippen molar-refractivity contribution in [2.75, 3.05) is 12.8 Å². The van der Waals surface area contributed by atoms with Crippen LogP contribution in [0.1, 0.15) is 0 Å². The van der Waals surface area contributed by atoms with Gasteiger partial charge in [-0.15, -0.1) is 4.83 Å². The summed E-state index contributed by atoms with van der Waals surface area (Å²) in [6, 6.07) is 0. The quantitative estimate of drug-likeness (QED) is 0.574. The van der Waals surface area contributed by atoms with Gasteiger partial charge in [-0.25, -0.2) is 8.42 Å². The molecule has 0 aromatic heterocycles. The van der Waals surface area contributed by atoms with Crippen molar-refractivity contribution in [1.82, 2.24) is 9.25 Å². The molecule has 6 heteroatoms. The number of nitrogens with one attached hydrogen (secondary N) is 1. The predicted molar refractivity (Wildman–Crippen MR) is 41.4 cm³/mol. The molecule has 0 aromatic rings. The molecule has 10 heavy (non-hydrogen) atoms. The monoisotopic (exact) mass is 180 g/mol. The van der Waals surface area contributed by atoms with Crippen LogP contribution in [0, 0.1) is 0 Å². The Morgan fingerprint density at radius 2 is 2.40 bits per heavy atom. The highest BCUT2D eigenvalue weighted by molar-refractivity contribution is 7.97. The van der Waals surface area contributed by atoms with Gasteiger partial charge in [0.15, 0.2) is 0 Å². The second kappa shape index (κ2) is 2.91. The Kier molecular flexibility index (Phi) is 2.35. The van der Waals surface area contributed by atoms with E-state index in [2.05, 4.69) is 4.83 Å². The average molecular weight is 180 g/mol. The highest BCUT2D eigenvalue weighted by Gasteiger charge is 2.14. The van der Waals surface area contributed by atoms with Gasteiger partial charge in [0, 0.05) is 12.0 Å². The average Bonchev–Trinajstić information content (AvgIpc) is 1.86. The van der Waals surface area contributed by atoms with Gasteiger partial charge < -0.3 is 0 Å². The van der Waals surface area contributed by atoms with Crippen LogP contribution in [0.25, 0.3) is 0 Å². The van der Waals surface area contributed by atoms with Crippen LogP contribution in [-0.4, -0.2) is 25.6 Å². The topological polar surface area (TPSA) is 49.4 Å². The number of nitrogens with zero attached hydrogens (tertiary/aromatic N) is 1. The van der Waals surface area contributed by atoms with E-state index in [1.165, 1.54) is 21.8 Å². The number of rotatable bonds is 1. The highest BCUT2D eigenvalue weighted by atomic mass is 32.2. The first-order chi connectivity index (χ1) is 4.64. The molecule has 0 fully saturated rings. The molecule has 1 heterocycles. The van der Waals surface area contributed by atoms with E-state index in [9.17, 15) is 8.42 Å². The third-order valence-electron chi connectivity index (χ3n) is 0.996. The van der Waals surface area contributed by atoms with Gasteiger partial charge in [-0.3, -0.25) is 0 Å². The molecule has 1 N–H and O–H groups in total. The van der Waals surface area contributed by atoms with Crippen LogP contribution in [0.2, 0.25) is 0 Å². The van der Waals surface area contributed by atoms with Gasteiger partial charge in [0.25, 0.3) is 0 Å². The second-order valence-electron chi connectivity index (χ2n) is 1.75. The fraction of sp³-hybridized carbons (Fsp3) is 0.500. The van der Waals surface area contributed by atoms with Crippen molar-refractivity contribution in [1.29, 1.82) is 0 Å².